The van der Waals surface area contributed by atoms with E-state index in [0.29, 0.717) is 5.57 Å². The van der Waals surface area contributed by atoms with E-state index in [4.69, 9.17) is 9.47 Å². The Morgan fingerprint density at radius 1 is 0.909 bits per heavy atom. The van der Waals surface area contributed by atoms with Crippen LogP contribution in [0.2, 0.25) is 0 Å². The molecule has 0 saturated carbocycles. The molecule has 2 aromatic carbocycles. The van der Waals surface area contributed by atoms with Crippen molar-refractivity contribution in [2.75, 3.05) is 0 Å². The topological polar surface area (TPSA) is 98.8 Å². The molecule has 0 aromatic heterocycles. The van der Waals surface area contributed by atoms with Crippen molar-refractivity contribution >= 4 is 21.8 Å². The van der Waals surface area contributed by atoms with E-state index in [1.165, 1.54) is 20.8 Å². The van der Waals surface area contributed by atoms with Crippen molar-refractivity contribution in [2.24, 2.45) is 0 Å². The molecular formula is C25H31NO6S. The Balaban J connectivity index is 2.31. The van der Waals surface area contributed by atoms with Gasteiger partial charge in [0.05, 0.1) is 12.7 Å². The Morgan fingerprint density at radius 3 is 1.97 bits per heavy atom. The third-order valence-corrected chi connectivity index (χ3v) is 6.74. The molecular weight excluding hydrogens is 442 g/mol. The van der Waals surface area contributed by atoms with Crippen molar-refractivity contribution in [3.05, 3.63) is 83.1 Å². The van der Waals surface area contributed by atoms with E-state index >= 15 is 0 Å². The zero-order valence-corrected chi connectivity index (χ0v) is 20.2. The van der Waals surface area contributed by atoms with Gasteiger partial charge in [0.1, 0.15) is 16.8 Å². The fourth-order valence-electron chi connectivity index (χ4n) is 3.21. The van der Waals surface area contributed by atoms with E-state index in [-0.39, 0.29) is 31.1 Å². The van der Waals surface area contributed by atoms with Crippen LogP contribution in [0.4, 0.5) is 0 Å². The van der Waals surface area contributed by atoms with Crippen LogP contribution in [0.15, 0.2) is 72.0 Å². The lowest BCUT2D eigenvalue weighted by molar-refractivity contribution is -0.137. The Kier molecular flexibility index (Phi) is 9.96. The predicted molar refractivity (Wildman–Crippen MR) is 126 cm³/mol. The van der Waals surface area contributed by atoms with Gasteiger partial charge in [-0.25, -0.2) is 13.1 Å². The van der Waals surface area contributed by atoms with Crippen molar-refractivity contribution in [3.8, 4) is 0 Å². The fourth-order valence-corrected chi connectivity index (χ4v) is 4.35. The molecule has 0 unspecified atom stereocenters. The second-order valence-corrected chi connectivity index (χ2v) is 9.91. The summed E-state index contributed by atoms with van der Waals surface area (Å²) in [5, 5.41) is -1.18. The first-order valence-electron chi connectivity index (χ1n) is 10.7. The first-order chi connectivity index (χ1) is 15.6. The minimum absolute atomic E-state index is 0.0215. The molecule has 8 heteroatoms. The summed E-state index contributed by atoms with van der Waals surface area (Å²) >= 11 is 0. The van der Waals surface area contributed by atoms with E-state index in [1.54, 1.807) is 6.92 Å². The molecule has 2 atom stereocenters. The maximum atomic E-state index is 13.0. The average molecular weight is 474 g/mol. The van der Waals surface area contributed by atoms with Gasteiger partial charge in [0.25, 0.3) is 0 Å². The highest BCUT2D eigenvalue weighted by atomic mass is 32.2. The van der Waals surface area contributed by atoms with Gasteiger partial charge in [-0.15, -0.1) is 0 Å². The second kappa shape index (κ2) is 12.4. The summed E-state index contributed by atoms with van der Waals surface area (Å²) in [7, 11) is -3.90. The standard InChI is InChI=1S/C25H31NO6S/c1-18(27)15-24(31-17-23-13-9-6-10-14-23)19(2)25(32-21(4)28)20(3)33(29,30)26-16-22-11-7-5-8-12-22/h5-14,20,24,26H,15-17H2,1-4H3/b25-19+/t20-,24+/m0/s1. The number of carbonyl (C=O) groups excluding carboxylic acids is 2. The number of benzene rings is 2. The van der Waals surface area contributed by atoms with E-state index in [2.05, 4.69) is 4.72 Å². The maximum absolute atomic E-state index is 13.0. The van der Waals surface area contributed by atoms with Crippen LogP contribution in [0.1, 0.15) is 45.2 Å². The Hall–Kier alpha value is -2.81. The van der Waals surface area contributed by atoms with E-state index in [0.717, 1.165) is 11.1 Å². The molecule has 7 nitrogen and oxygen atoms in total. The predicted octanol–water partition coefficient (Wildman–Crippen LogP) is 3.90. The van der Waals surface area contributed by atoms with Crippen LogP contribution in [0, 0.1) is 0 Å². The summed E-state index contributed by atoms with van der Waals surface area (Å²) in [4.78, 5) is 23.7. The van der Waals surface area contributed by atoms with Gasteiger partial charge in [0.2, 0.25) is 10.0 Å². The summed E-state index contributed by atoms with van der Waals surface area (Å²) in [6.07, 6.45) is -0.725. The second-order valence-electron chi connectivity index (χ2n) is 7.83. The van der Waals surface area contributed by atoms with Gasteiger partial charge < -0.3 is 9.47 Å². The molecule has 33 heavy (non-hydrogen) atoms. The highest BCUT2D eigenvalue weighted by Crippen LogP contribution is 2.24. The van der Waals surface area contributed by atoms with Crippen molar-refractivity contribution in [3.63, 3.8) is 0 Å². The molecule has 0 spiro atoms. The van der Waals surface area contributed by atoms with Crippen LogP contribution in [-0.2, 0) is 42.2 Å². The van der Waals surface area contributed by atoms with Gasteiger partial charge in [0.15, 0.2) is 0 Å². The minimum Gasteiger partial charge on any atom is -0.430 e. The Bertz CT molecular complexity index is 1060. The third-order valence-electron chi connectivity index (χ3n) is 5.05. The number of ketones is 1. The SMILES string of the molecule is CC(=O)C[C@@H](OCc1ccccc1)/C(C)=C(/OC(C)=O)[C@H](C)S(=O)(=O)NCc1ccccc1. The van der Waals surface area contributed by atoms with Gasteiger partial charge in [-0.3, -0.25) is 9.59 Å². The lowest BCUT2D eigenvalue weighted by atomic mass is 10.0. The number of hydrogen-bond donors (Lipinski definition) is 1. The molecule has 0 fully saturated rings. The summed E-state index contributed by atoms with van der Waals surface area (Å²) in [6.45, 7) is 6.02. The molecule has 0 bridgehead atoms. The van der Waals surface area contributed by atoms with Gasteiger partial charge in [-0.05, 0) is 37.5 Å². The van der Waals surface area contributed by atoms with Crippen LogP contribution in [-0.4, -0.2) is 31.5 Å². The highest BCUT2D eigenvalue weighted by molar-refractivity contribution is 7.90. The van der Waals surface area contributed by atoms with Gasteiger partial charge >= 0.3 is 5.97 Å². The molecule has 0 saturated heterocycles. The smallest absolute Gasteiger partial charge is 0.307 e. The third kappa shape index (κ3) is 8.57. The van der Waals surface area contributed by atoms with E-state index in [1.807, 2.05) is 60.7 Å². The van der Waals surface area contributed by atoms with Gasteiger partial charge in [-0.2, -0.15) is 0 Å². The quantitative estimate of drug-likeness (QED) is 0.371. The average Bonchev–Trinajstić information content (AvgIpc) is 2.79. The fraction of sp³-hybridized carbons (Fsp3) is 0.360. The molecule has 2 rings (SSSR count). The summed E-state index contributed by atoms with van der Waals surface area (Å²) in [5.41, 5.74) is 2.08. The number of carbonyl (C=O) groups is 2. The van der Waals surface area contributed by atoms with Gasteiger partial charge in [-0.1, -0.05) is 60.7 Å². The van der Waals surface area contributed by atoms with Crippen LogP contribution in [0.25, 0.3) is 0 Å². The molecule has 0 aliphatic rings. The zero-order valence-electron chi connectivity index (χ0n) is 19.4. The van der Waals surface area contributed by atoms with Crippen molar-refractivity contribution in [1.29, 1.82) is 0 Å². The largest absolute Gasteiger partial charge is 0.430 e. The summed E-state index contributed by atoms with van der Waals surface area (Å²) in [5.74, 6) is -0.825. The van der Waals surface area contributed by atoms with Crippen LogP contribution >= 0.6 is 0 Å². The first-order valence-corrected chi connectivity index (χ1v) is 12.2. The first kappa shape index (κ1) is 26.4. The van der Waals surface area contributed by atoms with Crippen molar-refractivity contribution < 1.29 is 27.5 Å². The monoisotopic (exact) mass is 473 g/mol. The zero-order chi connectivity index (χ0) is 24.4. The van der Waals surface area contributed by atoms with Crippen LogP contribution < -0.4 is 4.72 Å². The number of hydrogen-bond acceptors (Lipinski definition) is 6. The molecule has 0 heterocycles. The van der Waals surface area contributed by atoms with Crippen molar-refractivity contribution in [2.45, 2.75) is 58.6 Å². The summed E-state index contributed by atoms with van der Waals surface area (Å²) < 4.78 is 39.9. The number of sulfonamides is 1. The molecule has 1 N–H and O–H groups in total. The molecule has 0 aliphatic heterocycles. The summed E-state index contributed by atoms with van der Waals surface area (Å²) in [6, 6.07) is 18.5. The Labute approximate surface area is 195 Å². The molecule has 2 aromatic rings. The molecule has 178 valence electrons. The van der Waals surface area contributed by atoms with E-state index < -0.39 is 27.3 Å². The minimum atomic E-state index is -3.90. The number of Topliss-reactive ketones (excluding diaryl/α,β-unsaturated/α-hetero) is 1. The van der Waals surface area contributed by atoms with Crippen molar-refractivity contribution in [1.82, 2.24) is 4.72 Å². The molecule has 0 radical (unpaired) electrons. The van der Waals surface area contributed by atoms with E-state index in [9.17, 15) is 18.0 Å². The number of ether oxygens (including phenoxy) is 2. The Morgan fingerprint density at radius 2 is 1.45 bits per heavy atom. The lowest BCUT2D eigenvalue weighted by Crippen LogP contribution is -2.36. The number of rotatable bonds is 12. The normalized spacial score (nSPS) is 14.2. The maximum Gasteiger partial charge on any atom is 0.307 e. The number of esters is 1. The lowest BCUT2D eigenvalue weighted by Gasteiger charge is -2.24. The van der Waals surface area contributed by atoms with Crippen LogP contribution in [0.3, 0.4) is 0 Å². The van der Waals surface area contributed by atoms with Gasteiger partial charge in [0, 0.05) is 19.9 Å². The number of nitrogens with one attached hydrogen (secondary N) is 1. The molecule has 0 aliphatic carbocycles. The van der Waals surface area contributed by atoms with Crippen LogP contribution in [0.5, 0.6) is 0 Å². The molecule has 0 amide bonds. The highest BCUT2D eigenvalue weighted by Gasteiger charge is 2.31.